The Morgan fingerprint density at radius 1 is 1.38 bits per heavy atom. The van der Waals surface area contributed by atoms with Crippen molar-refractivity contribution in [2.75, 3.05) is 13.2 Å². The number of rotatable bonds is 2. The molecule has 21 heavy (non-hydrogen) atoms. The Bertz CT molecular complexity index is 739. The Balaban J connectivity index is 2.19. The Labute approximate surface area is 129 Å². The van der Waals surface area contributed by atoms with Crippen LogP contribution in [0.15, 0.2) is 16.6 Å². The van der Waals surface area contributed by atoms with E-state index in [4.69, 9.17) is 14.6 Å². The third-order valence-corrected chi connectivity index (χ3v) is 4.39. The van der Waals surface area contributed by atoms with Crippen LogP contribution < -0.4 is 9.47 Å². The van der Waals surface area contributed by atoms with Crippen LogP contribution in [0.3, 0.4) is 0 Å². The fourth-order valence-corrected chi connectivity index (χ4v) is 2.84. The molecule has 1 aliphatic rings. The lowest BCUT2D eigenvalue weighted by Crippen LogP contribution is -2.16. The number of nitrogens with zero attached hydrogens (tertiary/aromatic N) is 2. The molecule has 2 heterocycles. The highest BCUT2D eigenvalue weighted by Gasteiger charge is 2.22. The van der Waals surface area contributed by atoms with Gasteiger partial charge in [0.15, 0.2) is 17.2 Å². The molecule has 6 nitrogen and oxygen atoms in total. The molecule has 0 bridgehead atoms. The number of fused-ring (bicyclic) bond motifs is 1. The topological polar surface area (TPSA) is 73.6 Å². The van der Waals surface area contributed by atoms with Gasteiger partial charge in [-0.2, -0.15) is 5.10 Å². The molecule has 2 aromatic rings. The molecule has 1 N–H and O–H groups in total. The van der Waals surface area contributed by atoms with Gasteiger partial charge < -0.3 is 14.6 Å². The minimum atomic E-state index is -1.05. The average Bonchev–Trinajstić information content (AvgIpc) is 2.85. The van der Waals surface area contributed by atoms with Gasteiger partial charge in [-0.3, -0.25) is 4.68 Å². The molecule has 0 saturated heterocycles. The maximum atomic E-state index is 11.1. The van der Waals surface area contributed by atoms with E-state index in [1.807, 2.05) is 13.0 Å². The van der Waals surface area contributed by atoms with Crippen molar-refractivity contribution in [3.8, 4) is 22.8 Å². The summed E-state index contributed by atoms with van der Waals surface area (Å²) in [5.41, 5.74) is 2.44. The van der Waals surface area contributed by atoms with Gasteiger partial charge in [0, 0.05) is 22.6 Å². The predicted molar refractivity (Wildman–Crippen MR) is 79.0 cm³/mol. The molecule has 0 aliphatic carbocycles. The average molecular weight is 353 g/mol. The van der Waals surface area contributed by atoms with Crippen LogP contribution in [0.1, 0.15) is 16.1 Å². The van der Waals surface area contributed by atoms with Crippen molar-refractivity contribution in [2.24, 2.45) is 7.05 Å². The Morgan fingerprint density at radius 3 is 2.76 bits per heavy atom. The zero-order chi connectivity index (χ0) is 15.1. The van der Waals surface area contributed by atoms with Crippen molar-refractivity contribution < 1.29 is 19.4 Å². The first kappa shape index (κ1) is 13.9. The molecule has 0 unspecified atom stereocenters. The lowest BCUT2D eigenvalue weighted by atomic mass is 10.1. The van der Waals surface area contributed by atoms with Crippen LogP contribution in [-0.4, -0.2) is 34.1 Å². The molecule has 7 heteroatoms. The van der Waals surface area contributed by atoms with E-state index in [9.17, 15) is 4.79 Å². The number of aryl methyl sites for hydroxylation is 1. The van der Waals surface area contributed by atoms with Gasteiger partial charge in [0.1, 0.15) is 13.2 Å². The smallest absolute Gasteiger partial charge is 0.356 e. The largest absolute Gasteiger partial charge is 0.486 e. The maximum absolute atomic E-state index is 11.1. The van der Waals surface area contributed by atoms with E-state index in [2.05, 4.69) is 21.0 Å². The number of hydrogen-bond donors (Lipinski definition) is 1. The highest BCUT2D eigenvalue weighted by Crippen LogP contribution is 2.43. The maximum Gasteiger partial charge on any atom is 0.356 e. The SMILES string of the molecule is Cc1c(Br)c(-c2cc(C(=O)O)nn2C)cc2c1OCCO2. The first-order chi connectivity index (χ1) is 9.99. The van der Waals surface area contributed by atoms with Gasteiger partial charge in [0.25, 0.3) is 0 Å². The number of halogens is 1. The molecule has 110 valence electrons. The summed E-state index contributed by atoms with van der Waals surface area (Å²) in [4.78, 5) is 11.1. The summed E-state index contributed by atoms with van der Waals surface area (Å²) in [6.45, 7) is 2.95. The van der Waals surface area contributed by atoms with Gasteiger partial charge in [-0.05, 0) is 35.0 Å². The van der Waals surface area contributed by atoms with Gasteiger partial charge in [0.05, 0.1) is 5.69 Å². The zero-order valence-electron chi connectivity index (χ0n) is 11.5. The van der Waals surface area contributed by atoms with Gasteiger partial charge in [-0.15, -0.1) is 0 Å². The molecule has 0 fully saturated rings. The summed E-state index contributed by atoms with van der Waals surface area (Å²) in [7, 11) is 1.71. The lowest BCUT2D eigenvalue weighted by molar-refractivity contribution is 0.0689. The summed E-state index contributed by atoms with van der Waals surface area (Å²) < 4.78 is 13.6. The number of aromatic nitrogens is 2. The van der Waals surface area contributed by atoms with Crippen LogP contribution in [0.4, 0.5) is 0 Å². The Hall–Kier alpha value is -2.02. The number of benzene rings is 1. The molecule has 1 aromatic carbocycles. The Kier molecular flexibility index (Phi) is 3.36. The molecule has 1 aromatic heterocycles. The number of carbonyl (C=O) groups is 1. The van der Waals surface area contributed by atoms with Crippen molar-refractivity contribution in [1.29, 1.82) is 0 Å². The van der Waals surface area contributed by atoms with Gasteiger partial charge >= 0.3 is 5.97 Å². The summed E-state index contributed by atoms with van der Waals surface area (Å²) in [6, 6.07) is 3.38. The zero-order valence-corrected chi connectivity index (χ0v) is 13.1. The van der Waals surface area contributed by atoms with E-state index in [1.165, 1.54) is 6.07 Å². The predicted octanol–water partition coefficient (Wildman–Crippen LogP) is 2.63. The molecule has 0 saturated carbocycles. The van der Waals surface area contributed by atoms with Crippen LogP contribution in [0.5, 0.6) is 11.5 Å². The highest BCUT2D eigenvalue weighted by atomic mass is 79.9. The van der Waals surface area contributed by atoms with Crippen molar-refractivity contribution in [3.05, 3.63) is 27.9 Å². The van der Waals surface area contributed by atoms with Crippen LogP contribution in [0, 0.1) is 6.92 Å². The molecule has 0 spiro atoms. The summed E-state index contributed by atoms with van der Waals surface area (Å²) in [5, 5.41) is 13.0. The van der Waals surface area contributed by atoms with E-state index in [1.54, 1.807) is 11.7 Å². The van der Waals surface area contributed by atoms with E-state index in [-0.39, 0.29) is 5.69 Å². The number of ether oxygens (including phenoxy) is 2. The molecule has 1 aliphatic heterocycles. The van der Waals surface area contributed by atoms with Crippen molar-refractivity contribution >= 4 is 21.9 Å². The second kappa shape index (κ2) is 5.07. The number of carboxylic acid groups (broad SMARTS) is 1. The van der Waals surface area contributed by atoms with Crippen LogP contribution in [0.25, 0.3) is 11.3 Å². The minimum absolute atomic E-state index is 0.00643. The lowest BCUT2D eigenvalue weighted by Gasteiger charge is -2.22. The molecule has 0 radical (unpaired) electrons. The van der Waals surface area contributed by atoms with Crippen LogP contribution >= 0.6 is 15.9 Å². The summed E-state index contributed by atoms with van der Waals surface area (Å²) in [6.07, 6.45) is 0. The van der Waals surface area contributed by atoms with E-state index in [0.717, 1.165) is 21.3 Å². The number of aromatic carboxylic acids is 1. The molecular weight excluding hydrogens is 340 g/mol. The second-order valence-corrected chi connectivity index (χ2v) is 5.52. The van der Waals surface area contributed by atoms with E-state index < -0.39 is 5.97 Å². The van der Waals surface area contributed by atoms with Crippen LogP contribution in [0.2, 0.25) is 0 Å². The van der Waals surface area contributed by atoms with E-state index in [0.29, 0.717) is 24.7 Å². The summed E-state index contributed by atoms with van der Waals surface area (Å²) >= 11 is 3.55. The summed E-state index contributed by atoms with van der Waals surface area (Å²) in [5.74, 6) is 0.328. The molecule has 0 atom stereocenters. The normalized spacial score (nSPS) is 13.3. The monoisotopic (exact) mass is 352 g/mol. The molecule has 0 amide bonds. The van der Waals surface area contributed by atoms with Crippen molar-refractivity contribution in [3.63, 3.8) is 0 Å². The first-order valence-electron chi connectivity index (χ1n) is 6.35. The van der Waals surface area contributed by atoms with Gasteiger partial charge in [-0.1, -0.05) is 0 Å². The van der Waals surface area contributed by atoms with Gasteiger partial charge in [-0.25, -0.2) is 4.79 Å². The van der Waals surface area contributed by atoms with E-state index >= 15 is 0 Å². The fourth-order valence-electron chi connectivity index (χ4n) is 2.34. The number of hydrogen-bond acceptors (Lipinski definition) is 4. The third-order valence-electron chi connectivity index (χ3n) is 3.37. The quantitative estimate of drug-likeness (QED) is 0.899. The molecular formula is C14H13BrN2O4. The van der Waals surface area contributed by atoms with Crippen molar-refractivity contribution in [1.82, 2.24) is 9.78 Å². The third kappa shape index (κ3) is 2.27. The van der Waals surface area contributed by atoms with Crippen LogP contribution in [-0.2, 0) is 7.05 Å². The highest BCUT2D eigenvalue weighted by molar-refractivity contribution is 9.10. The standard InChI is InChI=1S/C14H13BrN2O4/c1-7-12(15)8(5-11-13(7)21-4-3-20-11)10-6-9(14(18)19)16-17(10)2/h5-6H,3-4H2,1-2H3,(H,18,19). The fraction of sp³-hybridized carbons (Fsp3) is 0.286. The second-order valence-electron chi connectivity index (χ2n) is 4.73. The number of carboxylic acids is 1. The molecule has 3 rings (SSSR count). The van der Waals surface area contributed by atoms with Crippen molar-refractivity contribution in [2.45, 2.75) is 6.92 Å². The van der Waals surface area contributed by atoms with Gasteiger partial charge in [0.2, 0.25) is 0 Å². The first-order valence-corrected chi connectivity index (χ1v) is 7.14. The minimum Gasteiger partial charge on any atom is -0.486 e. The Morgan fingerprint density at radius 2 is 2.10 bits per heavy atom.